The summed E-state index contributed by atoms with van der Waals surface area (Å²) in [5, 5.41) is 7.13. The molecule has 0 radical (unpaired) electrons. The third kappa shape index (κ3) is 3.88. The number of hydrogen-bond acceptors (Lipinski definition) is 4. The molecule has 0 spiro atoms. The second kappa shape index (κ2) is 7.48. The number of nitrogens with two attached hydrogens (primary N) is 1. The monoisotopic (exact) mass is 341 g/mol. The Hall–Kier alpha value is -2.67. The third-order valence-corrected chi connectivity index (χ3v) is 4.57. The Morgan fingerprint density at radius 3 is 2.72 bits per heavy atom. The van der Waals surface area contributed by atoms with Crippen molar-refractivity contribution in [3.63, 3.8) is 0 Å². The molecule has 0 bridgehead atoms. The van der Waals surface area contributed by atoms with E-state index in [9.17, 15) is 9.59 Å². The predicted octanol–water partition coefficient (Wildman–Crippen LogP) is 1.19. The predicted molar refractivity (Wildman–Crippen MR) is 94.7 cm³/mol. The fourth-order valence-corrected chi connectivity index (χ4v) is 3.16. The zero-order chi connectivity index (χ0) is 17.8. The van der Waals surface area contributed by atoms with Crippen molar-refractivity contribution < 1.29 is 9.59 Å². The molecule has 0 unspecified atom stereocenters. The number of amides is 2. The van der Waals surface area contributed by atoms with Crippen LogP contribution in [0.15, 0.2) is 36.4 Å². The molecule has 2 aromatic rings. The van der Waals surface area contributed by atoms with Crippen molar-refractivity contribution in [1.82, 2.24) is 20.0 Å². The van der Waals surface area contributed by atoms with E-state index >= 15 is 0 Å². The second-order valence-corrected chi connectivity index (χ2v) is 6.31. The standard InChI is InChI=1S/C18H23N5O2/c1-13-6-5-10-22(13)11-9-20-18(25)15-12-16(17(19)24)23(21-15)14-7-3-2-4-8-14/h2-4,7-8,12-13H,5-6,9-11H2,1H3,(H2,19,24)(H,20,25)/t13-/m1/s1. The zero-order valence-corrected chi connectivity index (χ0v) is 14.3. The Morgan fingerprint density at radius 2 is 2.08 bits per heavy atom. The number of carbonyl (C=O) groups is 2. The SMILES string of the molecule is C[C@@H]1CCCN1CCNC(=O)c1cc(C(N)=O)n(-c2ccccc2)n1. The van der Waals surface area contributed by atoms with E-state index in [1.807, 2.05) is 18.2 Å². The Kier molecular flexibility index (Phi) is 5.14. The lowest BCUT2D eigenvalue weighted by Gasteiger charge is -2.20. The van der Waals surface area contributed by atoms with E-state index in [4.69, 9.17) is 5.73 Å². The van der Waals surface area contributed by atoms with E-state index in [1.165, 1.54) is 23.6 Å². The summed E-state index contributed by atoms with van der Waals surface area (Å²) in [6, 6.07) is 11.1. The van der Waals surface area contributed by atoms with Crippen molar-refractivity contribution in [2.24, 2.45) is 5.73 Å². The van der Waals surface area contributed by atoms with E-state index in [0.29, 0.717) is 18.3 Å². The van der Waals surface area contributed by atoms with Crippen LogP contribution in [0.1, 0.15) is 40.7 Å². The smallest absolute Gasteiger partial charge is 0.271 e. The summed E-state index contributed by atoms with van der Waals surface area (Å²) in [6.45, 7) is 4.64. The molecule has 1 aliphatic rings. The van der Waals surface area contributed by atoms with Gasteiger partial charge in [-0.2, -0.15) is 5.10 Å². The maximum absolute atomic E-state index is 12.4. The maximum Gasteiger partial charge on any atom is 0.271 e. The Labute approximate surface area is 146 Å². The summed E-state index contributed by atoms with van der Waals surface area (Å²) < 4.78 is 1.40. The number of nitrogens with one attached hydrogen (secondary N) is 1. The first kappa shape index (κ1) is 17.2. The van der Waals surface area contributed by atoms with Gasteiger partial charge in [0.2, 0.25) is 0 Å². The average molecular weight is 341 g/mol. The van der Waals surface area contributed by atoms with Crippen LogP contribution < -0.4 is 11.1 Å². The van der Waals surface area contributed by atoms with Crippen molar-refractivity contribution in [2.45, 2.75) is 25.8 Å². The van der Waals surface area contributed by atoms with Gasteiger partial charge in [0.15, 0.2) is 5.69 Å². The van der Waals surface area contributed by atoms with Gasteiger partial charge < -0.3 is 11.1 Å². The fourth-order valence-electron chi connectivity index (χ4n) is 3.16. The van der Waals surface area contributed by atoms with Crippen LogP contribution in [0.5, 0.6) is 0 Å². The minimum Gasteiger partial charge on any atom is -0.364 e. The second-order valence-electron chi connectivity index (χ2n) is 6.31. The van der Waals surface area contributed by atoms with Crippen LogP contribution >= 0.6 is 0 Å². The van der Waals surface area contributed by atoms with Gasteiger partial charge in [0.05, 0.1) is 5.69 Å². The molecular weight excluding hydrogens is 318 g/mol. The lowest BCUT2D eigenvalue weighted by atomic mass is 10.2. The Balaban J connectivity index is 1.69. The van der Waals surface area contributed by atoms with Crippen LogP contribution in [0.25, 0.3) is 5.69 Å². The summed E-state index contributed by atoms with van der Waals surface area (Å²) >= 11 is 0. The minimum atomic E-state index is -0.624. The van der Waals surface area contributed by atoms with Gasteiger partial charge in [0, 0.05) is 25.2 Å². The molecule has 2 heterocycles. The van der Waals surface area contributed by atoms with Crippen LogP contribution in [-0.2, 0) is 0 Å². The summed E-state index contributed by atoms with van der Waals surface area (Å²) in [5.41, 5.74) is 6.48. The number of aromatic nitrogens is 2. The molecule has 3 N–H and O–H groups in total. The Morgan fingerprint density at radius 1 is 1.32 bits per heavy atom. The number of para-hydroxylation sites is 1. The number of likely N-dealkylation sites (tertiary alicyclic amines) is 1. The van der Waals surface area contributed by atoms with Crippen molar-refractivity contribution in [3.05, 3.63) is 47.8 Å². The first-order chi connectivity index (χ1) is 12.1. The highest BCUT2D eigenvalue weighted by atomic mass is 16.2. The first-order valence-corrected chi connectivity index (χ1v) is 8.54. The molecule has 25 heavy (non-hydrogen) atoms. The van der Waals surface area contributed by atoms with Crippen molar-refractivity contribution in [2.75, 3.05) is 19.6 Å². The van der Waals surface area contributed by atoms with Crippen molar-refractivity contribution >= 4 is 11.8 Å². The molecule has 0 aliphatic carbocycles. The molecule has 1 aromatic heterocycles. The number of benzene rings is 1. The van der Waals surface area contributed by atoms with Gasteiger partial charge in [-0.25, -0.2) is 4.68 Å². The van der Waals surface area contributed by atoms with Gasteiger partial charge in [-0.1, -0.05) is 18.2 Å². The minimum absolute atomic E-state index is 0.185. The number of nitrogens with zero attached hydrogens (tertiary/aromatic N) is 3. The molecule has 2 amide bonds. The molecule has 1 aromatic carbocycles. The van der Waals surface area contributed by atoms with Crippen molar-refractivity contribution in [3.8, 4) is 5.69 Å². The lowest BCUT2D eigenvalue weighted by Crippen LogP contribution is -2.36. The molecule has 1 saturated heterocycles. The maximum atomic E-state index is 12.4. The van der Waals surface area contributed by atoms with E-state index in [2.05, 4.69) is 22.2 Å². The summed E-state index contributed by atoms with van der Waals surface area (Å²) in [6.07, 6.45) is 2.41. The summed E-state index contributed by atoms with van der Waals surface area (Å²) in [5.74, 6) is -0.926. The van der Waals surface area contributed by atoms with E-state index in [0.717, 1.165) is 13.1 Å². The molecule has 1 fully saturated rings. The molecule has 3 rings (SSSR count). The van der Waals surface area contributed by atoms with Gasteiger partial charge in [-0.15, -0.1) is 0 Å². The molecule has 1 aliphatic heterocycles. The van der Waals surface area contributed by atoms with Gasteiger partial charge >= 0.3 is 0 Å². The van der Waals surface area contributed by atoms with Gasteiger partial charge in [0.1, 0.15) is 5.69 Å². The van der Waals surface area contributed by atoms with Crippen LogP contribution in [0.3, 0.4) is 0 Å². The highest BCUT2D eigenvalue weighted by Crippen LogP contribution is 2.15. The fraction of sp³-hybridized carbons (Fsp3) is 0.389. The zero-order valence-electron chi connectivity index (χ0n) is 14.3. The molecule has 132 valence electrons. The molecule has 1 atom stereocenters. The normalized spacial score (nSPS) is 17.6. The molecular formula is C18H23N5O2. The molecule has 0 saturated carbocycles. The van der Waals surface area contributed by atoms with Gasteiger partial charge in [-0.3, -0.25) is 14.5 Å². The van der Waals surface area contributed by atoms with Crippen LogP contribution in [0.4, 0.5) is 0 Å². The number of carbonyl (C=O) groups excluding carboxylic acids is 2. The quantitative estimate of drug-likeness (QED) is 0.825. The van der Waals surface area contributed by atoms with Crippen molar-refractivity contribution in [1.29, 1.82) is 0 Å². The van der Waals surface area contributed by atoms with Crippen LogP contribution in [-0.4, -0.2) is 52.2 Å². The topological polar surface area (TPSA) is 93.3 Å². The average Bonchev–Trinajstić information content (AvgIpc) is 3.22. The van der Waals surface area contributed by atoms with Gasteiger partial charge in [0.25, 0.3) is 11.8 Å². The Bertz CT molecular complexity index is 756. The van der Waals surface area contributed by atoms with Gasteiger partial charge in [-0.05, 0) is 38.4 Å². The summed E-state index contributed by atoms with van der Waals surface area (Å²) in [4.78, 5) is 26.4. The summed E-state index contributed by atoms with van der Waals surface area (Å²) in [7, 11) is 0. The highest BCUT2D eigenvalue weighted by Gasteiger charge is 2.21. The highest BCUT2D eigenvalue weighted by molar-refractivity contribution is 5.97. The van der Waals surface area contributed by atoms with Crippen LogP contribution in [0, 0.1) is 0 Å². The number of primary amides is 1. The lowest BCUT2D eigenvalue weighted by molar-refractivity contribution is 0.0941. The number of rotatable bonds is 6. The van der Waals surface area contributed by atoms with E-state index < -0.39 is 5.91 Å². The number of hydrogen-bond donors (Lipinski definition) is 2. The third-order valence-electron chi connectivity index (χ3n) is 4.57. The van der Waals surface area contributed by atoms with E-state index in [1.54, 1.807) is 12.1 Å². The first-order valence-electron chi connectivity index (χ1n) is 8.54. The van der Waals surface area contributed by atoms with Crippen LogP contribution in [0.2, 0.25) is 0 Å². The van der Waals surface area contributed by atoms with E-state index in [-0.39, 0.29) is 17.3 Å². The molecule has 7 heteroatoms. The molecule has 7 nitrogen and oxygen atoms in total. The largest absolute Gasteiger partial charge is 0.364 e.